The number of amides is 1. The van der Waals surface area contributed by atoms with Gasteiger partial charge in [0.2, 0.25) is 0 Å². The van der Waals surface area contributed by atoms with Crippen molar-refractivity contribution in [1.29, 1.82) is 0 Å². The lowest BCUT2D eigenvalue weighted by molar-refractivity contribution is -0.132. The van der Waals surface area contributed by atoms with Crippen molar-refractivity contribution in [3.05, 3.63) is 89.5 Å². The van der Waals surface area contributed by atoms with Crippen molar-refractivity contribution in [2.24, 2.45) is 0 Å². The third-order valence-electron chi connectivity index (χ3n) is 5.97. The molecule has 0 spiro atoms. The molecular weight excluding hydrogens is 470 g/mol. The Balaban J connectivity index is 1.83. The molecule has 3 aromatic rings. The smallest absolute Gasteiger partial charge is 0.300 e. The van der Waals surface area contributed by atoms with Gasteiger partial charge < -0.3 is 19.3 Å². The summed E-state index contributed by atoms with van der Waals surface area (Å²) in [5.74, 6) is -0.0528. The van der Waals surface area contributed by atoms with Crippen LogP contribution in [0.1, 0.15) is 44.4 Å². The number of ether oxygens (including phenoxy) is 3. The van der Waals surface area contributed by atoms with Crippen LogP contribution in [0.5, 0.6) is 17.2 Å². The maximum absolute atomic E-state index is 13.4. The standard InChI is InChI=1S/C30H31NO6/c1-4-18-37-23-15-12-21(13-16-23)28(32)26-27(20-10-8-7-9-11-20)31(30(34)29(26)33)22-14-17-24(35-5-2)25(19-22)36-6-3/h7-17,19,27,32H,4-6,18H2,1-3H3/b28-26+. The number of carbonyl (C=O) groups is 2. The number of anilines is 1. The lowest BCUT2D eigenvalue weighted by atomic mass is 9.95. The predicted octanol–water partition coefficient (Wildman–Crippen LogP) is 5.90. The molecule has 3 aromatic carbocycles. The minimum Gasteiger partial charge on any atom is -0.507 e. The fourth-order valence-electron chi connectivity index (χ4n) is 4.32. The molecular formula is C30H31NO6. The Labute approximate surface area is 216 Å². The molecule has 1 unspecified atom stereocenters. The van der Waals surface area contributed by atoms with Crippen LogP contribution in [0.4, 0.5) is 5.69 Å². The number of hydrogen-bond acceptors (Lipinski definition) is 6. The minimum absolute atomic E-state index is 0.0188. The molecule has 1 aliphatic rings. The van der Waals surface area contributed by atoms with E-state index in [1.165, 1.54) is 4.90 Å². The summed E-state index contributed by atoms with van der Waals surface area (Å²) in [4.78, 5) is 28.2. The van der Waals surface area contributed by atoms with E-state index in [0.29, 0.717) is 53.9 Å². The molecule has 1 N–H and O–H groups in total. The van der Waals surface area contributed by atoms with E-state index in [1.54, 1.807) is 42.5 Å². The molecule has 7 heteroatoms. The minimum atomic E-state index is -0.829. The van der Waals surface area contributed by atoms with Gasteiger partial charge in [-0.25, -0.2) is 0 Å². The van der Waals surface area contributed by atoms with E-state index in [9.17, 15) is 14.7 Å². The number of hydrogen-bond donors (Lipinski definition) is 1. The van der Waals surface area contributed by atoms with Crippen molar-refractivity contribution >= 4 is 23.1 Å². The van der Waals surface area contributed by atoms with E-state index >= 15 is 0 Å². The Kier molecular flexibility index (Phi) is 8.13. The largest absolute Gasteiger partial charge is 0.507 e. The normalized spacial score (nSPS) is 16.6. The van der Waals surface area contributed by atoms with Crippen LogP contribution in [0.15, 0.2) is 78.4 Å². The van der Waals surface area contributed by atoms with Gasteiger partial charge in [-0.15, -0.1) is 0 Å². The van der Waals surface area contributed by atoms with E-state index in [-0.39, 0.29) is 11.3 Å². The van der Waals surface area contributed by atoms with Crippen molar-refractivity contribution in [2.45, 2.75) is 33.2 Å². The molecule has 37 heavy (non-hydrogen) atoms. The van der Waals surface area contributed by atoms with Gasteiger partial charge in [0.05, 0.1) is 31.4 Å². The highest BCUT2D eigenvalue weighted by Gasteiger charge is 2.47. The summed E-state index contributed by atoms with van der Waals surface area (Å²) in [6.07, 6.45) is 0.874. The summed E-state index contributed by atoms with van der Waals surface area (Å²) in [5.41, 5.74) is 1.60. The van der Waals surface area contributed by atoms with Crippen LogP contribution in [0.2, 0.25) is 0 Å². The third-order valence-corrected chi connectivity index (χ3v) is 5.97. The molecule has 1 amide bonds. The maximum Gasteiger partial charge on any atom is 0.300 e. The number of ketones is 1. The van der Waals surface area contributed by atoms with Gasteiger partial charge in [0.1, 0.15) is 11.5 Å². The molecule has 192 valence electrons. The van der Waals surface area contributed by atoms with Gasteiger partial charge in [0.15, 0.2) is 11.5 Å². The van der Waals surface area contributed by atoms with Crippen LogP contribution in [-0.2, 0) is 9.59 Å². The summed E-state index contributed by atoms with van der Waals surface area (Å²) in [5, 5.41) is 11.3. The SMILES string of the molecule is CCCOc1ccc(/C(O)=C2\C(=O)C(=O)N(c3ccc(OCC)c(OCC)c3)C2c2ccccc2)cc1. The van der Waals surface area contributed by atoms with Gasteiger partial charge in [-0.3, -0.25) is 14.5 Å². The van der Waals surface area contributed by atoms with Crippen molar-refractivity contribution in [2.75, 3.05) is 24.7 Å². The molecule has 1 fully saturated rings. The number of nitrogens with zero attached hydrogens (tertiary/aromatic N) is 1. The topological polar surface area (TPSA) is 85.3 Å². The van der Waals surface area contributed by atoms with Gasteiger partial charge in [-0.1, -0.05) is 37.3 Å². The molecule has 0 bridgehead atoms. The average molecular weight is 502 g/mol. The summed E-state index contributed by atoms with van der Waals surface area (Å²) in [6, 6.07) is 20.3. The van der Waals surface area contributed by atoms with Crippen molar-refractivity contribution in [3.63, 3.8) is 0 Å². The van der Waals surface area contributed by atoms with E-state index in [0.717, 1.165) is 6.42 Å². The highest BCUT2D eigenvalue weighted by molar-refractivity contribution is 6.51. The van der Waals surface area contributed by atoms with Crippen LogP contribution >= 0.6 is 0 Å². The van der Waals surface area contributed by atoms with Crippen molar-refractivity contribution < 1.29 is 28.9 Å². The molecule has 1 saturated heterocycles. The predicted molar refractivity (Wildman–Crippen MR) is 142 cm³/mol. The molecule has 0 aromatic heterocycles. The molecule has 0 saturated carbocycles. The molecule has 1 heterocycles. The fourth-order valence-corrected chi connectivity index (χ4v) is 4.32. The van der Waals surface area contributed by atoms with Crippen LogP contribution < -0.4 is 19.1 Å². The van der Waals surface area contributed by atoms with E-state index in [1.807, 2.05) is 51.1 Å². The molecule has 1 aliphatic heterocycles. The Morgan fingerprint density at radius 3 is 2.16 bits per heavy atom. The van der Waals surface area contributed by atoms with E-state index in [2.05, 4.69) is 0 Å². The zero-order valence-electron chi connectivity index (χ0n) is 21.3. The number of rotatable bonds is 10. The zero-order chi connectivity index (χ0) is 26.4. The quantitative estimate of drug-likeness (QED) is 0.212. The number of benzene rings is 3. The molecule has 0 radical (unpaired) electrons. The van der Waals surface area contributed by atoms with E-state index in [4.69, 9.17) is 14.2 Å². The lowest BCUT2D eigenvalue weighted by Crippen LogP contribution is -2.29. The second-order valence-electron chi connectivity index (χ2n) is 8.45. The number of aliphatic hydroxyl groups is 1. The highest BCUT2D eigenvalue weighted by Crippen LogP contribution is 2.44. The van der Waals surface area contributed by atoms with Crippen LogP contribution in [0, 0.1) is 0 Å². The Hall–Kier alpha value is -4.26. The second kappa shape index (κ2) is 11.6. The lowest BCUT2D eigenvalue weighted by Gasteiger charge is -2.26. The van der Waals surface area contributed by atoms with Crippen molar-refractivity contribution in [3.8, 4) is 17.2 Å². The fraction of sp³-hybridized carbons (Fsp3) is 0.267. The highest BCUT2D eigenvalue weighted by atomic mass is 16.5. The number of carbonyl (C=O) groups excluding carboxylic acids is 2. The van der Waals surface area contributed by atoms with Crippen LogP contribution in [0.25, 0.3) is 5.76 Å². The Morgan fingerprint density at radius 1 is 0.838 bits per heavy atom. The van der Waals surface area contributed by atoms with Crippen LogP contribution in [0.3, 0.4) is 0 Å². The number of aliphatic hydroxyl groups excluding tert-OH is 1. The third kappa shape index (κ3) is 5.31. The van der Waals surface area contributed by atoms with Crippen LogP contribution in [-0.4, -0.2) is 36.6 Å². The van der Waals surface area contributed by atoms with Gasteiger partial charge >= 0.3 is 0 Å². The Bertz CT molecular complexity index is 1280. The molecule has 7 nitrogen and oxygen atoms in total. The maximum atomic E-state index is 13.4. The molecule has 1 atom stereocenters. The zero-order valence-corrected chi connectivity index (χ0v) is 21.3. The summed E-state index contributed by atoms with van der Waals surface area (Å²) < 4.78 is 17.0. The molecule has 0 aliphatic carbocycles. The first kappa shape index (κ1) is 25.8. The second-order valence-corrected chi connectivity index (χ2v) is 8.45. The van der Waals surface area contributed by atoms with Gasteiger partial charge in [0.25, 0.3) is 11.7 Å². The molecule has 4 rings (SSSR count). The summed E-state index contributed by atoms with van der Waals surface area (Å²) in [7, 11) is 0. The summed E-state index contributed by atoms with van der Waals surface area (Å²) in [6.45, 7) is 7.19. The first-order chi connectivity index (χ1) is 18.0. The van der Waals surface area contributed by atoms with Gasteiger partial charge in [-0.2, -0.15) is 0 Å². The monoisotopic (exact) mass is 501 g/mol. The van der Waals surface area contributed by atoms with Gasteiger partial charge in [-0.05, 0) is 62.2 Å². The first-order valence-corrected chi connectivity index (χ1v) is 12.5. The number of Topliss-reactive ketones (excluding diaryl/α,β-unsaturated/α-hetero) is 1. The van der Waals surface area contributed by atoms with Gasteiger partial charge in [0, 0.05) is 17.3 Å². The first-order valence-electron chi connectivity index (χ1n) is 12.5. The van der Waals surface area contributed by atoms with Crippen molar-refractivity contribution in [1.82, 2.24) is 0 Å². The Morgan fingerprint density at radius 2 is 1.51 bits per heavy atom. The summed E-state index contributed by atoms with van der Waals surface area (Å²) >= 11 is 0. The van der Waals surface area contributed by atoms with E-state index < -0.39 is 17.7 Å². The average Bonchev–Trinajstić information content (AvgIpc) is 3.19.